The third-order valence-corrected chi connectivity index (χ3v) is 3.30. The van der Waals surface area contributed by atoms with Gasteiger partial charge in [0.2, 0.25) is 0 Å². The zero-order chi connectivity index (χ0) is 15.2. The number of Topliss-reactive ketones (excluding diaryl/α,β-unsaturated/α-hetero) is 1. The molecule has 1 atom stereocenters. The number of carboxylic acid groups (broad SMARTS) is 1. The van der Waals surface area contributed by atoms with Gasteiger partial charge in [0, 0.05) is 12.0 Å². The smallest absolute Gasteiger partial charge is 0.311 e. The van der Waals surface area contributed by atoms with E-state index in [1.165, 1.54) is 0 Å². The molecule has 0 bridgehead atoms. The number of methoxy groups -OCH3 is 1. The predicted octanol–water partition coefficient (Wildman–Crippen LogP) is 3.14. The average molecular weight is 284 g/mol. The van der Waals surface area contributed by atoms with Crippen LogP contribution in [0.25, 0.3) is 0 Å². The molecule has 108 valence electrons. The summed E-state index contributed by atoms with van der Waals surface area (Å²) < 4.78 is 5.03. The minimum atomic E-state index is -0.997. The molecule has 0 aliphatic carbocycles. The first kappa shape index (κ1) is 14.8. The number of ketones is 1. The van der Waals surface area contributed by atoms with E-state index in [1.54, 1.807) is 55.6 Å². The molecule has 0 saturated carbocycles. The molecule has 0 spiro atoms. The number of ether oxygens (including phenoxy) is 1. The van der Waals surface area contributed by atoms with Gasteiger partial charge in [-0.25, -0.2) is 0 Å². The number of aliphatic carboxylic acids is 1. The summed E-state index contributed by atoms with van der Waals surface area (Å²) in [5, 5.41) is 9.33. The van der Waals surface area contributed by atoms with Crippen LogP contribution in [-0.2, 0) is 4.79 Å². The second-order valence-corrected chi connectivity index (χ2v) is 4.66. The number of hydrogen-bond donors (Lipinski definition) is 1. The van der Waals surface area contributed by atoms with Crippen molar-refractivity contribution in [2.75, 3.05) is 7.11 Å². The summed E-state index contributed by atoms with van der Waals surface area (Å²) in [5.74, 6) is -1.37. The largest absolute Gasteiger partial charge is 0.497 e. The van der Waals surface area contributed by atoms with Crippen LogP contribution >= 0.6 is 0 Å². The van der Waals surface area contributed by atoms with E-state index in [0.29, 0.717) is 16.9 Å². The number of rotatable bonds is 6. The summed E-state index contributed by atoms with van der Waals surface area (Å²) in [6.07, 6.45) is -0.0638. The van der Waals surface area contributed by atoms with Crippen molar-refractivity contribution in [1.29, 1.82) is 0 Å². The Labute approximate surface area is 123 Å². The van der Waals surface area contributed by atoms with Gasteiger partial charge in [0.15, 0.2) is 5.78 Å². The van der Waals surface area contributed by atoms with Gasteiger partial charge in [-0.15, -0.1) is 0 Å². The van der Waals surface area contributed by atoms with Gasteiger partial charge in [-0.3, -0.25) is 9.59 Å². The van der Waals surface area contributed by atoms with E-state index in [9.17, 15) is 14.7 Å². The van der Waals surface area contributed by atoms with Crippen LogP contribution in [0.1, 0.15) is 28.3 Å². The highest BCUT2D eigenvalue weighted by Gasteiger charge is 2.23. The summed E-state index contributed by atoms with van der Waals surface area (Å²) in [7, 11) is 1.55. The molecule has 4 heteroatoms. The lowest BCUT2D eigenvalue weighted by Gasteiger charge is -2.12. The third kappa shape index (κ3) is 3.69. The lowest BCUT2D eigenvalue weighted by Crippen LogP contribution is -2.16. The van der Waals surface area contributed by atoms with Crippen LogP contribution in [0.5, 0.6) is 5.75 Å². The van der Waals surface area contributed by atoms with E-state index >= 15 is 0 Å². The first-order chi connectivity index (χ1) is 10.1. The van der Waals surface area contributed by atoms with Gasteiger partial charge in [0.1, 0.15) is 5.75 Å². The summed E-state index contributed by atoms with van der Waals surface area (Å²) in [6.45, 7) is 0. The lowest BCUT2D eigenvalue weighted by molar-refractivity contribution is -0.138. The van der Waals surface area contributed by atoms with E-state index in [2.05, 4.69) is 0 Å². The quantitative estimate of drug-likeness (QED) is 0.828. The van der Waals surface area contributed by atoms with Crippen molar-refractivity contribution >= 4 is 11.8 Å². The van der Waals surface area contributed by atoms with Crippen molar-refractivity contribution in [2.45, 2.75) is 12.3 Å². The fourth-order valence-electron chi connectivity index (χ4n) is 2.11. The maximum atomic E-state index is 12.2. The predicted molar refractivity (Wildman–Crippen MR) is 78.8 cm³/mol. The first-order valence-electron chi connectivity index (χ1n) is 6.57. The molecule has 0 aliphatic rings. The van der Waals surface area contributed by atoms with Gasteiger partial charge >= 0.3 is 5.97 Å². The zero-order valence-corrected chi connectivity index (χ0v) is 11.7. The number of benzene rings is 2. The van der Waals surface area contributed by atoms with Crippen molar-refractivity contribution in [2.24, 2.45) is 0 Å². The Morgan fingerprint density at radius 1 is 1.05 bits per heavy atom. The average Bonchev–Trinajstić information content (AvgIpc) is 2.53. The van der Waals surface area contributed by atoms with E-state index < -0.39 is 11.9 Å². The Morgan fingerprint density at radius 3 is 2.19 bits per heavy atom. The standard InChI is InChI=1S/C17H16O4/c1-21-14-9-7-13(8-10-14)16(18)11-15(17(19)20)12-5-3-2-4-6-12/h2-10,15H,11H2,1H3,(H,19,20). The summed E-state index contributed by atoms with van der Waals surface area (Å²) in [4.78, 5) is 23.6. The first-order valence-corrected chi connectivity index (χ1v) is 6.57. The molecular weight excluding hydrogens is 268 g/mol. The monoisotopic (exact) mass is 284 g/mol. The molecule has 21 heavy (non-hydrogen) atoms. The van der Waals surface area contributed by atoms with Crippen molar-refractivity contribution in [3.05, 3.63) is 65.7 Å². The van der Waals surface area contributed by atoms with Gasteiger partial charge in [0.05, 0.1) is 13.0 Å². The Hall–Kier alpha value is -2.62. The van der Waals surface area contributed by atoms with Crippen molar-refractivity contribution < 1.29 is 19.4 Å². The molecule has 0 saturated heterocycles. The van der Waals surface area contributed by atoms with Gasteiger partial charge < -0.3 is 9.84 Å². The highest BCUT2D eigenvalue weighted by molar-refractivity contribution is 5.99. The van der Waals surface area contributed by atoms with Crippen molar-refractivity contribution in [3.8, 4) is 5.75 Å². The summed E-state index contributed by atoms with van der Waals surface area (Å²) in [6, 6.07) is 15.5. The topological polar surface area (TPSA) is 63.6 Å². The molecule has 2 aromatic rings. The molecule has 0 aliphatic heterocycles. The fraction of sp³-hybridized carbons (Fsp3) is 0.176. The van der Waals surface area contributed by atoms with Crippen LogP contribution in [0.15, 0.2) is 54.6 Å². The van der Waals surface area contributed by atoms with Gasteiger partial charge in [-0.1, -0.05) is 30.3 Å². The van der Waals surface area contributed by atoms with Crippen molar-refractivity contribution in [3.63, 3.8) is 0 Å². The van der Waals surface area contributed by atoms with E-state index in [-0.39, 0.29) is 12.2 Å². The molecule has 0 radical (unpaired) electrons. The van der Waals surface area contributed by atoms with Crippen LogP contribution in [0, 0.1) is 0 Å². The minimum absolute atomic E-state index is 0.0638. The molecule has 2 aromatic carbocycles. The highest BCUT2D eigenvalue weighted by atomic mass is 16.5. The zero-order valence-electron chi connectivity index (χ0n) is 11.7. The molecule has 2 rings (SSSR count). The van der Waals surface area contributed by atoms with E-state index in [0.717, 1.165) is 0 Å². The van der Waals surface area contributed by atoms with E-state index in [1.807, 2.05) is 6.07 Å². The molecule has 0 aromatic heterocycles. The number of carboxylic acids is 1. The Bertz CT molecular complexity index is 617. The number of carbonyl (C=O) groups is 2. The highest BCUT2D eigenvalue weighted by Crippen LogP contribution is 2.23. The Kier molecular flexibility index (Phi) is 4.72. The normalized spacial score (nSPS) is 11.7. The molecule has 1 unspecified atom stereocenters. The number of carbonyl (C=O) groups excluding carboxylic acids is 1. The Balaban J connectivity index is 2.16. The lowest BCUT2D eigenvalue weighted by atomic mass is 9.92. The molecule has 0 fully saturated rings. The molecule has 0 heterocycles. The maximum Gasteiger partial charge on any atom is 0.311 e. The van der Waals surface area contributed by atoms with Gasteiger partial charge in [-0.2, -0.15) is 0 Å². The second-order valence-electron chi connectivity index (χ2n) is 4.66. The molecule has 0 amide bonds. The second kappa shape index (κ2) is 6.70. The SMILES string of the molecule is COc1ccc(C(=O)CC(C(=O)O)c2ccccc2)cc1. The molecule has 4 nitrogen and oxygen atoms in total. The van der Waals surface area contributed by atoms with Crippen LogP contribution in [0.4, 0.5) is 0 Å². The van der Waals surface area contributed by atoms with Crippen molar-refractivity contribution in [1.82, 2.24) is 0 Å². The molecule has 1 N–H and O–H groups in total. The van der Waals surface area contributed by atoms with Crippen LogP contribution in [0.2, 0.25) is 0 Å². The van der Waals surface area contributed by atoms with Crippen LogP contribution < -0.4 is 4.74 Å². The third-order valence-electron chi connectivity index (χ3n) is 3.30. The van der Waals surface area contributed by atoms with Crippen LogP contribution in [0.3, 0.4) is 0 Å². The minimum Gasteiger partial charge on any atom is -0.497 e. The summed E-state index contributed by atoms with van der Waals surface area (Å²) >= 11 is 0. The van der Waals surface area contributed by atoms with Crippen LogP contribution in [-0.4, -0.2) is 24.0 Å². The number of hydrogen-bond acceptors (Lipinski definition) is 3. The maximum absolute atomic E-state index is 12.2. The van der Waals surface area contributed by atoms with Gasteiger partial charge in [0.25, 0.3) is 0 Å². The Morgan fingerprint density at radius 2 is 1.67 bits per heavy atom. The van der Waals surface area contributed by atoms with Gasteiger partial charge in [-0.05, 0) is 29.8 Å². The fourth-order valence-corrected chi connectivity index (χ4v) is 2.11. The molecular formula is C17H16O4. The van der Waals surface area contributed by atoms with E-state index in [4.69, 9.17) is 4.74 Å². The summed E-state index contributed by atoms with van der Waals surface area (Å²) in [5.41, 5.74) is 1.12.